The van der Waals surface area contributed by atoms with Gasteiger partial charge in [-0.3, -0.25) is 28.8 Å². The lowest BCUT2D eigenvalue weighted by molar-refractivity contribution is -0.140. The fraction of sp³-hybridized carbons (Fsp3) is 0.282. The van der Waals surface area contributed by atoms with Gasteiger partial charge in [0.15, 0.2) is 0 Å². The summed E-state index contributed by atoms with van der Waals surface area (Å²) in [6, 6.07) is 27.5. The molecule has 11 nitrogen and oxygen atoms in total. The molecule has 3 atom stereocenters. The van der Waals surface area contributed by atoms with Crippen molar-refractivity contribution in [3.8, 4) is 11.1 Å². The minimum Gasteiger partial charge on any atom is -0.368 e. The van der Waals surface area contributed by atoms with E-state index < -0.39 is 54.1 Å². The van der Waals surface area contributed by atoms with Crippen molar-refractivity contribution in [2.45, 2.75) is 58.2 Å². The molecule has 4 aromatic rings. The summed E-state index contributed by atoms with van der Waals surface area (Å²) >= 11 is 0. The van der Waals surface area contributed by atoms with Gasteiger partial charge < -0.3 is 27.0 Å². The van der Waals surface area contributed by atoms with Gasteiger partial charge in [-0.25, -0.2) is 0 Å². The molecule has 50 heavy (non-hydrogen) atoms. The van der Waals surface area contributed by atoms with Crippen LogP contribution >= 0.6 is 0 Å². The first-order valence-corrected chi connectivity index (χ1v) is 16.5. The molecule has 5 amide bonds. The summed E-state index contributed by atoms with van der Waals surface area (Å²) in [5.41, 5.74) is 9.14. The van der Waals surface area contributed by atoms with E-state index in [1.807, 2.05) is 111 Å². The van der Waals surface area contributed by atoms with E-state index in [4.69, 9.17) is 5.73 Å². The summed E-state index contributed by atoms with van der Waals surface area (Å²) in [6.45, 7) is 4.54. The summed E-state index contributed by atoms with van der Waals surface area (Å²) in [7, 11) is 0. The second-order valence-corrected chi connectivity index (χ2v) is 12.7. The Hall–Kier alpha value is -5.84. The number of nitrogens with one attached hydrogen (secondary N) is 4. The van der Waals surface area contributed by atoms with Crippen molar-refractivity contribution in [2.24, 2.45) is 11.7 Å². The van der Waals surface area contributed by atoms with Crippen LogP contribution in [0.3, 0.4) is 0 Å². The molecule has 0 saturated heterocycles. The van der Waals surface area contributed by atoms with Gasteiger partial charge in [-0.05, 0) is 52.3 Å². The van der Waals surface area contributed by atoms with E-state index in [2.05, 4.69) is 21.3 Å². The summed E-state index contributed by atoms with van der Waals surface area (Å²) in [4.78, 5) is 76.1. The third kappa shape index (κ3) is 10.8. The Bertz CT molecular complexity index is 1840. The SMILES string of the molecule is CC(C)CC(NC(=O)Cc1ccc(-c2ccccc2)cc1)C(=O)NC(C)C(=O)C(=O)NCC(=O)NC(Cc1ccc2ccccc2c1)C(N)=O. The highest BCUT2D eigenvalue weighted by atomic mass is 16.2. The van der Waals surface area contributed by atoms with Gasteiger partial charge >= 0.3 is 0 Å². The van der Waals surface area contributed by atoms with Crippen molar-refractivity contribution in [1.29, 1.82) is 0 Å². The maximum absolute atomic E-state index is 13.2. The van der Waals surface area contributed by atoms with E-state index in [1.54, 1.807) is 0 Å². The van der Waals surface area contributed by atoms with Crippen LogP contribution in [-0.2, 0) is 41.6 Å². The molecule has 0 saturated carbocycles. The van der Waals surface area contributed by atoms with E-state index in [0.29, 0.717) is 6.42 Å². The van der Waals surface area contributed by atoms with Crippen LogP contribution in [0.15, 0.2) is 97.1 Å². The Labute approximate surface area is 291 Å². The molecule has 4 aromatic carbocycles. The molecule has 0 aliphatic rings. The first kappa shape index (κ1) is 37.0. The second-order valence-electron chi connectivity index (χ2n) is 12.7. The van der Waals surface area contributed by atoms with Crippen molar-refractivity contribution in [2.75, 3.05) is 6.54 Å². The average molecular weight is 678 g/mol. The van der Waals surface area contributed by atoms with Crippen molar-refractivity contribution in [3.63, 3.8) is 0 Å². The summed E-state index contributed by atoms with van der Waals surface area (Å²) in [5.74, 6) is -4.50. The van der Waals surface area contributed by atoms with Gasteiger partial charge in [0.25, 0.3) is 5.91 Å². The number of fused-ring (bicyclic) bond motifs is 1. The zero-order chi connectivity index (χ0) is 36.2. The van der Waals surface area contributed by atoms with Crippen molar-refractivity contribution >= 4 is 46.1 Å². The minimum atomic E-state index is -1.24. The summed E-state index contributed by atoms with van der Waals surface area (Å²) in [6.07, 6.45) is 0.489. The van der Waals surface area contributed by atoms with Gasteiger partial charge in [-0.15, -0.1) is 0 Å². The van der Waals surface area contributed by atoms with Gasteiger partial charge in [0.1, 0.15) is 12.1 Å². The van der Waals surface area contributed by atoms with E-state index in [9.17, 15) is 28.8 Å². The summed E-state index contributed by atoms with van der Waals surface area (Å²) < 4.78 is 0. The zero-order valence-electron chi connectivity index (χ0n) is 28.4. The highest BCUT2D eigenvalue weighted by Crippen LogP contribution is 2.20. The number of primary amides is 1. The van der Waals surface area contributed by atoms with Crippen LogP contribution in [-0.4, -0.2) is 60.0 Å². The quantitative estimate of drug-likeness (QED) is 0.114. The number of Topliss-reactive ketones (excluding diaryl/α,β-unsaturated/α-hetero) is 1. The maximum atomic E-state index is 13.2. The summed E-state index contributed by atoms with van der Waals surface area (Å²) in [5, 5.41) is 12.0. The third-order valence-corrected chi connectivity index (χ3v) is 8.10. The Morgan fingerprint density at radius 2 is 1.24 bits per heavy atom. The normalized spacial score (nSPS) is 12.7. The van der Waals surface area contributed by atoms with E-state index >= 15 is 0 Å². The number of nitrogens with two attached hydrogens (primary N) is 1. The number of benzene rings is 4. The Morgan fingerprint density at radius 3 is 1.90 bits per heavy atom. The molecule has 260 valence electrons. The monoisotopic (exact) mass is 677 g/mol. The van der Waals surface area contributed by atoms with Crippen LogP contribution in [0.1, 0.15) is 38.3 Å². The average Bonchev–Trinajstić information content (AvgIpc) is 3.10. The van der Waals surface area contributed by atoms with Crippen LogP contribution in [0.4, 0.5) is 0 Å². The smallest absolute Gasteiger partial charge is 0.290 e. The van der Waals surface area contributed by atoms with Crippen molar-refractivity contribution in [1.82, 2.24) is 21.3 Å². The molecular formula is C39H43N5O6. The molecule has 0 aliphatic heterocycles. The lowest BCUT2D eigenvalue weighted by Crippen LogP contribution is -2.54. The molecule has 0 heterocycles. The minimum absolute atomic E-state index is 0.0366. The second kappa shape index (κ2) is 17.5. The standard InChI is InChI=1S/C39H43N5O6/c1-24(2)19-33(44-34(45)22-26-13-16-30(17-14-26)28-9-5-4-6-10-28)38(49)42-25(3)36(47)39(50)41-23-35(46)43-32(37(40)48)21-27-15-18-29-11-7-8-12-31(29)20-27/h4-18,20,24-25,32-33H,19,21-23H2,1-3H3,(H2,40,48)(H,41,50)(H,42,49)(H,43,46)(H,44,45). The molecule has 0 spiro atoms. The highest BCUT2D eigenvalue weighted by molar-refractivity contribution is 6.38. The molecule has 0 aromatic heterocycles. The third-order valence-electron chi connectivity index (χ3n) is 8.10. The lowest BCUT2D eigenvalue weighted by Gasteiger charge is -2.22. The van der Waals surface area contributed by atoms with Crippen LogP contribution in [0, 0.1) is 5.92 Å². The zero-order valence-corrected chi connectivity index (χ0v) is 28.4. The van der Waals surface area contributed by atoms with Crippen LogP contribution in [0.25, 0.3) is 21.9 Å². The molecule has 0 fully saturated rings. The first-order valence-electron chi connectivity index (χ1n) is 16.5. The van der Waals surface area contributed by atoms with Gasteiger partial charge in [0.2, 0.25) is 29.4 Å². The highest BCUT2D eigenvalue weighted by Gasteiger charge is 2.28. The van der Waals surface area contributed by atoms with Gasteiger partial charge in [-0.1, -0.05) is 111 Å². The Balaban J connectivity index is 1.26. The number of hydrogen-bond acceptors (Lipinski definition) is 6. The number of carbonyl (C=O) groups excluding carboxylic acids is 6. The van der Waals surface area contributed by atoms with Crippen LogP contribution in [0.5, 0.6) is 0 Å². The molecule has 11 heteroatoms. The molecule has 4 rings (SSSR count). The molecule has 0 radical (unpaired) electrons. The number of amides is 5. The molecular weight excluding hydrogens is 634 g/mol. The van der Waals surface area contributed by atoms with Gasteiger partial charge in [0, 0.05) is 6.42 Å². The fourth-order valence-corrected chi connectivity index (χ4v) is 5.47. The maximum Gasteiger partial charge on any atom is 0.290 e. The van der Waals surface area contributed by atoms with Crippen molar-refractivity contribution in [3.05, 3.63) is 108 Å². The number of carbonyl (C=O) groups is 6. The van der Waals surface area contributed by atoms with Crippen LogP contribution < -0.4 is 27.0 Å². The van der Waals surface area contributed by atoms with Crippen LogP contribution in [0.2, 0.25) is 0 Å². The number of ketones is 1. The van der Waals surface area contributed by atoms with Gasteiger partial charge in [0.05, 0.1) is 19.0 Å². The predicted octanol–water partition coefficient (Wildman–Crippen LogP) is 2.98. The Kier molecular flexibility index (Phi) is 13.0. The fourth-order valence-electron chi connectivity index (χ4n) is 5.47. The van der Waals surface area contributed by atoms with E-state index in [1.165, 1.54) is 6.92 Å². The number of rotatable bonds is 16. The first-order chi connectivity index (χ1) is 23.9. The van der Waals surface area contributed by atoms with E-state index in [-0.39, 0.29) is 24.7 Å². The predicted molar refractivity (Wildman–Crippen MR) is 191 cm³/mol. The molecule has 6 N–H and O–H groups in total. The topological polar surface area (TPSA) is 177 Å². The molecule has 3 unspecified atom stereocenters. The number of hydrogen-bond donors (Lipinski definition) is 5. The van der Waals surface area contributed by atoms with E-state index in [0.717, 1.165) is 33.0 Å². The van der Waals surface area contributed by atoms with Gasteiger partial charge in [-0.2, -0.15) is 0 Å². The molecule has 0 aliphatic carbocycles. The lowest BCUT2D eigenvalue weighted by atomic mass is 10.0. The molecule has 0 bridgehead atoms. The largest absolute Gasteiger partial charge is 0.368 e. The Morgan fingerprint density at radius 1 is 0.640 bits per heavy atom. The van der Waals surface area contributed by atoms with Crippen molar-refractivity contribution < 1.29 is 28.8 Å².